The molecular formula is C16H27NO4Si. The number of benzene rings is 1. The Labute approximate surface area is 133 Å². The smallest absolute Gasteiger partial charge is 0.311 e. The highest BCUT2D eigenvalue weighted by Crippen LogP contribution is 2.39. The van der Waals surface area contributed by atoms with E-state index < -0.39 is 13.2 Å². The van der Waals surface area contributed by atoms with E-state index in [2.05, 4.69) is 40.8 Å². The summed E-state index contributed by atoms with van der Waals surface area (Å²) in [6.45, 7) is 13.3. The minimum Gasteiger partial charge on any atom is -0.543 e. The molecule has 0 spiro atoms. The van der Waals surface area contributed by atoms with Crippen molar-refractivity contribution in [3.8, 4) is 11.5 Å². The first-order valence-electron chi connectivity index (χ1n) is 7.68. The number of nitro benzene ring substituents is 1. The molecule has 0 saturated heterocycles. The molecule has 0 aliphatic rings. The van der Waals surface area contributed by atoms with E-state index in [0.29, 0.717) is 12.4 Å². The summed E-state index contributed by atoms with van der Waals surface area (Å²) >= 11 is 0. The normalized spacial score (nSPS) is 12.1. The van der Waals surface area contributed by atoms with Crippen LogP contribution in [0.4, 0.5) is 5.69 Å². The molecule has 5 nitrogen and oxygen atoms in total. The average molecular weight is 325 g/mol. The van der Waals surface area contributed by atoms with Gasteiger partial charge in [0, 0.05) is 12.1 Å². The zero-order valence-corrected chi connectivity index (χ0v) is 15.4. The molecule has 0 N–H and O–H groups in total. The van der Waals surface area contributed by atoms with E-state index in [0.717, 1.165) is 12.8 Å². The zero-order chi connectivity index (χ0) is 17.0. The van der Waals surface area contributed by atoms with Crippen molar-refractivity contribution >= 4 is 14.0 Å². The van der Waals surface area contributed by atoms with Crippen molar-refractivity contribution in [3.63, 3.8) is 0 Å². The van der Waals surface area contributed by atoms with Gasteiger partial charge in [-0.2, -0.15) is 0 Å². The minimum absolute atomic E-state index is 0.0151. The van der Waals surface area contributed by atoms with Crippen LogP contribution in [0.15, 0.2) is 18.2 Å². The van der Waals surface area contributed by atoms with Gasteiger partial charge >= 0.3 is 5.69 Å². The Morgan fingerprint density at radius 1 is 1.27 bits per heavy atom. The summed E-state index contributed by atoms with van der Waals surface area (Å²) < 4.78 is 11.8. The standard InChI is InChI=1S/C16H27NO4Si/c1-7-8-11-20-15-12-13(9-10-14(15)17(18)19)21-22(5,6)16(2,3)4/h9-10,12H,7-8,11H2,1-6H3. The van der Waals surface area contributed by atoms with Gasteiger partial charge in [0.15, 0.2) is 0 Å². The third-order valence-electron chi connectivity index (χ3n) is 4.06. The van der Waals surface area contributed by atoms with Crippen molar-refractivity contribution in [2.75, 3.05) is 6.61 Å². The predicted molar refractivity (Wildman–Crippen MR) is 91.3 cm³/mol. The Hall–Kier alpha value is -1.56. The average Bonchev–Trinajstić information content (AvgIpc) is 2.37. The molecule has 0 atom stereocenters. The Balaban J connectivity index is 3.03. The van der Waals surface area contributed by atoms with E-state index in [1.54, 1.807) is 12.1 Å². The second kappa shape index (κ2) is 7.13. The van der Waals surface area contributed by atoms with Gasteiger partial charge in [-0.05, 0) is 30.6 Å². The summed E-state index contributed by atoms with van der Waals surface area (Å²) in [5, 5.41) is 11.2. The number of hydrogen-bond acceptors (Lipinski definition) is 4. The first-order valence-corrected chi connectivity index (χ1v) is 10.6. The molecular weight excluding hydrogens is 298 g/mol. The van der Waals surface area contributed by atoms with Crippen LogP contribution in [0.5, 0.6) is 11.5 Å². The Bertz CT molecular complexity index is 523. The lowest BCUT2D eigenvalue weighted by Crippen LogP contribution is -2.43. The van der Waals surface area contributed by atoms with Gasteiger partial charge in [-0.25, -0.2) is 0 Å². The molecule has 0 aromatic heterocycles. The molecule has 0 saturated carbocycles. The van der Waals surface area contributed by atoms with Crippen LogP contribution in [-0.2, 0) is 0 Å². The maximum absolute atomic E-state index is 11.1. The van der Waals surface area contributed by atoms with Crippen LogP contribution in [0, 0.1) is 10.1 Å². The van der Waals surface area contributed by atoms with E-state index in [1.807, 2.05) is 0 Å². The van der Waals surface area contributed by atoms with Gasteiger partial charge in [0.25, 0.3) is 0 Å². The molecule has 0 bridgehead atoms. The van der Waals surface area contributed by atoms with Crippen molar-refractivity contribution in [3.05, 3.63) is 28.3 Å². The van der Waals surface area contributed by atoms with Crippen molar-refractivity contribution < 1.29 is 14.1 Å². The van der Waals surface area contributed by atoms with Gasteiger partial charge < -0.3 is 9.16 Å². The largest absolute Gasteiger partial charge is 0.543 e. The molecule has 0 heterocycles. The van der Waals surface area contributed by atoms with Gasteiger partial charge in [-0.1, -0.05) is 34.1 Å². The Kier molecular flexibility index (Phi) is 5.99. The van der Waals surface area contributed by atoms with Crippen molar-refractivity contribution in [2.45, 2.75) is 58.7 Å². The van der Waals surface area contributed by atoms with E-state index in [9.17, 15) is 10.1 Å². The molecule has 0 aliphatic carbocycles. The van der Waals surface area contributed by atoms with Crippen LogP contribution in [0.25, 0.3) is 0 Å². The molecule has 0 fully saturated rings. The number of nitrogens with zero attached hydrogens (tertiary/aromatic N) is 1. The number of nitro groups is 1. The monoisotopic (exact) mass is 325 g/mol. The highest BCUT2D eigenvalue weighted by Gasteiger charge is 2.39. The van der Waals surface area contributed by atoms with Crippen LogP contribution in [0.1, 0.15) is 40.5 Å². The molecule has 1 aromatic carbocycles. The fourth-order valence-electron chi connectivity index (χ4n) is 1.60. The second-order valence-electron chi connectivity index (χ2n) is 6.95. The Morgan fingerprint density at radius 3 is 2.41 bits per heavy atom. The lowest BCUT2D eigenvalue weighted by atomic mass is 10.2. The molecule has 124 valence electrons. The minimum atomic E-state index is -1.98. The second-order valence-corrected chi connectivity index (χ2v) is 11.7. The van der Waals surface area contributed by atoms with Gasteiger partial charge in [-0.3, -0.25) is 10.1 Å². The molecule has 0 amide bonds. The summed E-state index contributed by atoms with van der Waals surface area (Å²) in [6, 6.07) is 4.77. The van der Waals surface area contributed by atoms with Gasteiger partial charge in [-0.15, -0.1) is 0 Å². The zero-order valence-electron chi connectivity index (χ0n) is 14.4. The van der Waals surface area contributed by atoms with Crippen molar-refractivity contribution in [1.29, 1.82) is 0 Å². The molecule has 0 radical (unpaired) electrons. The van der Waals surface area contributed by atoms with E-state index in [-0.39, 0.29) is 16.5 Å². The van der Waals surface area contributed by atoms with Crippen molar-refractivity contribution in [1.82, 2.24) is 0 Å². The first kappa shape index (κ1) is 18.5. The fraction of sp³-hybridized carbons (Fsp3) is 0.625. The van der Waals surface area contributed by atoms with Crippen LogP contribution >= 0.6 is 0 Å². The topological polar surface area (TPSA) is 61.6 Å². The third kappa shape index (κ3) is 4.73. The van der Waals surface area contributed by atoms with Gasteiger partial charge in [0.1, 0.15) is 5.75 Å². The number of hydrogen-bond donors (Lipinski definition) is 0. The van der Waals surface area contributed by atoms with Crippen molar-refractivity contribution in [2.24, 2.45) is 0 Å². The maximum atomic E-state index is 11.1. The predicted octanol–water partition coefficient (Wildman–Crippen LogP) is 5.16. The van der Waals surface area contributed by atoms with Crippen LogP contribution in [0.2, 0.25) is 18.1 Å². The maximum Gasteiger partial charge on any atom is 0.311 e. The fourth-order valence-corrected chi connectivity index (χ4v) is 2.62. The molecule has 22 heavy (non-hydrogen) atoms. The third-order valence-corrected chi connectivity index (χ3v) is 8.42. The Morgan fingerprint density at radius 2 is 1.91 bits per heavy atom. The van der Waals surface area contributed by atoms with E-state index in [1.165, 1.54) is 6.07 Å². The number of rotatable bonds is 7. The molecule has 0 aliphatic heterocycles. The van der Waals surface area contributed by atoms with Gasteiger partial charge in [0.2, 0.25) is 14.1 Å². The summed E-state index contributed by atoms with van der Waals surface area (Å²) in [7, 11) is -1.98. The summed E-state index contributed by atoms with van der Waals surface area (Å²) in [5.41, 5.74) is -0.0151. The first-order chi connectivity index (χ1) is 10.1. The molecule has 0 unspecified atom stereocenters. The molecule has 1 aromatic rings. The number of ether oxygens (including phenoxy) is 1. The molecule has 6 heteroatoms. The number of unbranched alkanes of at least 4 members (excludes halogenated alkanes) is 1. The van der Waals surface area contributed by atoms with Crippen LogP contribution in [-0.4, -0.2) is 19.8 Å². The summed E-state index contributed by atoms with van der Waals surface area (Å²) in [4.78, 5) is 10.7. The van der Waals surface area contributed by atoms with Crippen LogP contribution in [0.3, 0.4) is 0 Å². The quantitative estimate of drug-likeness (QED) is 0.301. The van der Waals surface area contributed by atoms with E-state index in [4.69, 9.17) is 9.16 Å². The van der Waals surface area contributed by atoms with Gasteiger partial charge in [0.05, 0.1) is 11.5 Å². The lowest BCUT2D eigenvalue weighted by molar-refractivity contribution is -0.385. The van der Waals surface area contributed by atoms with E-state index >= 15 is 0 Å². The highest BCUT2D eigenvalue weighted by atomic mass is 28.4. The summed E-state index contributed by atoms with van der Waals surface area (Å²) in [6.07, 6.45) is 1.85. The lowest BCUT2D eigenvalue weighted by Gasteiger charge is -2.36. The molecule has 1 rings (SSSR count). The highest BCUT2D eigenvalue weighted by molar-refractivity contribution is 6.74. The SMILES string of the molecule is CCCCOc1cc(O[Si](C)(C)C(C)(C)C)ccc1[N+](=O)[O-]. The van der Waals surface area contributed by atoms with Crippen LogP contribution < -0.4 is 9.16 Å². The summed E-state index contributed by atoms with van der Waals surface area (Å²) in [5.74, 6) is 0.929.